The van der Waals surface area contributed by atoms with E-state index in [0.29, 0.717) is 23.3 Å². The van der Waals surface area contributed by atoms with Crippen molar-refractivity contribution in [1.82, 2.24) is 9.38 Å². The van der Waals surface area contributed by atoms with E-state index in [9.17, 15) is 9.59 Å². The fourth-order valence-corrected chi connectivity index (χ4v) is 2.88. The first-order chi connectivity index (χ1) is 12.5. The number of carboxylic acid groups (broad SMARTS) is 1. The highest BCUT2D eigenvalue weighted by Gasteiger charge is 2.12. The Hall–Kier alpha value is -3.21. The summed E-state index contributed by atoms with van der Waals surface area (Å²) < 4.78 is 1.32. The molecule has 1 N–H and O–H groups in total. The van der Waals surface area contributed by atoms with Crippen LogP contribution in [0.15, 0.2) is 47.4 Å². The number of aromatic nitrogens is 2. The van der Waals surface area contributed by atoms with Crippen molar-refractivity contribution in [2.75, 3.05) is 0 Å². The Kier molecular flexibility index (Phi) is 4.98. The van der Waals surface area contributed by atoms with Crippen LogP contribution in [-0.4, -0.2) is 20.5 Å². The summed E-state index contributed by atoms with van der Waals surface area (Å²) in [5, 5.41) is 9.15. The molecule has 3 rings (SSSR count). The van der Waals surface area contributed by atoms with Crippen LogP contribution in [0.1, 0.15) is 46.1 Å². The first-order valence-electron chi connectivity index (χ1n) is 8.53. The summed E-state index contributed by atoms with van der Waals surface area (Å²) in [5.74, 6) is -1.07. The van der Waals surface area contributed by atoms with E-state index >= 15 is 0 Å². The predicted molar refractivity (Wildman–Crippen MR) is 103 cm³/mol. The van der Waals surface area contributed by atoms with Crippen LogP contribution >= 0.6 is 0 Å². The number of carbonyl (C=O) groups is 1. The Morgan fingerprint density at radius 1 is 1.19 bits per heavy atom. The van der Waals surface area contributed by atoms with Gasteiger partial charge in [0.15, 0.2) is 0 Å². The lowest BCUT2D eigenvalue weighted by atomic mass is 10.1. The maximum Gasteiger partial charge on any atom is 0.337 e. The molecule has 5 nitrogen and oxygen atoms in total. The minimum Gasteiger partial charge on any atom is -0.478 e. The van der Waals surface area contributed by atoms with Crippen molar-refractivity contribution in [1.29, 1.82) is 0 Å². The number of aryl methyl sites for hydroxylation is 1. The number of carboxylic acids is 1. The SMILES string of the molecule is CCCc1c(C=Cc2ccccc2C)nc2ccc(C(=O)O)cn2c1=O. The topological polar surface area (TPSA) is 71.7 Å². The van der Waals surface area contributed by atoms with Crippen LogP contribution in [0.5, 0.6) is 0 Å². The molecule has 0 aliphatic carbocycles. The van der Waals surface area contributed by atoms with Gasteiger partial charge in [-0.05, 0) is 42.7 Å². The Labute approximate surface area is 151 Å². The first-order valence-corrected chi connectivity index (χ1v) is 8.53. The molecule has 0 aliphatic heterocycles. The van der Waals surface area contributed by atoms with E-state index in [2.05, 4.69) is 4.98 Å². The largest absolute Gasteiger partial charge is 0.478 e. The standard InChI is InChI=1S/C21H20N2O3/c1-3-6-17-18(11-9-15-8-5-4-7-14(15)2)22-19-12-10-16(21(25)26)13-23(19)20(17)24/h4-5,7-13H,3,6H2,1-2H3,(H,25,26). The van der Waals surface area contributed by atoms with E-state index in [1.54, 1.807) is 6.07 Å². The number of fused-ring (bicyclic) bond motifs is 1. The van der Waals surface area contributed by atoms with E-state index in [4.69, 9.17) is 5.11 Å². The molecule has 0 spiro atoms. The van der Waals surface area contributed by atoms with Crippen molar-refractivity contribution in [2.24, 2.45) is 0 Å². The van der Waals surface area contributed by atoms with Gasteiger partial charge >= 0.3 is 5.97 Å². The Morgan fingerprint density at radius 3 is 2.65 bits per heavy atom. The molecule has 132 valence electrons. The van der Waals surface area contributed by atoms with Crippen molar-refractivity contribution in [3.05, 3.63) is 80.9 Å². The fourth-order valence-electron chi connectivity index (χ4n) is 2.88. The molecule has 26 heavy (non-hydrogen) atoms. The number of hydrogen-bond acceptors (Lipinski definition) is 3. The molecule has 0 unspecified atom stereocenters. The van der Waals surface area contributed by atoms with Crippen LogP contribution in [0.2, 0.25) is 0 Å². The van der Waals surface area contributed by atoms with Crippen molar-refractivity contribution in [3.63, 3.8) is 0 Å². The van der Waals surface area contributed by atoms with Gasteiger partial charge in [-0.15, -0.1) is 0 Å². The molecule has 3 aromatic rings. The van der Waals surface area contributed by atoms with Crippen LogP contribution in [-0.2, 0) is 6.42 Å². The summed E-state index contributed by atoms with van der Waals surface area (Å²) in [5.41, 5.74) is 3.71. The van der Waals surface area contributed by atoms with Gasteiger partial charge in [0.25, 0.3) is 5.56 Å². The molecule has 1 aromatic carbocycles. The maximum atomic E-state index is 12.9. The van der Waals surface area contributed by atoms with E-state index in [0.717, 1.165) is 17.5 Å². The Bertz CT molecular complexity index is 1060. The number of aromatic carboxylic acids is 1. The van der Waals surface area contributed by atoms with Gasteiger partial charge in [-0.3, -0.25) is 9.20 Å². The highest BCUT2D eigenvalue weighted by Crippen LogP contribution is 2.15. The molecular formula is C21H20N2O3. The van der Waals surface area contributed by atoms with Gasteiger partial charge in [0.1, 0.15) is 5.65 Å². The first kappa shape index (κ1) is 17.6. The molecule has 2 heterocycles. The minimum atomic E-state index is -1.07. The maximum absolute atomic E-state index is 12.9. The number of benzene rings is 1. The zero-order valence-electron chi connectivity index (χ0n) is 14.8. The third kappa shape index (κ3) is 3.42. The average Bonchev–Trinajstić information content (AvgIpc) is 2.63. The third-order valence-corrected chi connectivity index (χ3v) is 4.30. The highest BCUT2D eigenvalue weighted by molar-refractivity contribution is 5.87. The molecule has 2 aromatic heterocycles. The molecule has 0 saturated heterocycles. The summed E-state index contributed by atoms with van der Waals surface area (Å²) in [6.07, 6.45) is 6.53. The predicted octanol–water partition coefficient (Wildman–Crippen LogP) is 3.82. The second-order valence-corrected chi connectivity index (χ2v) is 6.17. The molecule has 5 heteroatoms. The molecular weight excluding hydrogens is 328 g/mol. The summed E-state index contributed by atoms with van der Waals surface area (Å²) in [6, 6.07) is 11.0. The summed E-state index contributed by atoms with van der Waals surface area (Å²) in [7, 11) is 0. The number of rotatable bonds is 5. The molecule has 0 amide bonds. The zero-order valence-corrected chi connectivity index (χ0v) is 14.8. The van der Waals surface area contributed by atoms with Crippen molar-refractivity contribution < 1.29 is 9.90 Å². The lowest BCUT2D eigenvalue weighted by Gasteiger charge is -2.08. The highest BCUT2D eigenvalue weighted by atomic mass is 16.4. The Morgan fingerprint density at radius 2 is 1.96 bits per heavy atom. The summed E-state index contributed by atoms with van der Waals surface area (Å²) in [4.78, 5) is 28.6. The molecule has 0 fully saturated rings. The van der Waals surface area contributed by atoms with E-state index in [1.807, 2.05) is 50.3 Å². The second kappa shape index (κ2) is 7.35. The van der Waals surface area contributed by atoms with Crippen LogP contribution in [0.3, 0.4) is 0 Å². The molecule has 0 aliphatic rings. The van der Waals surface area contributed by atoms with Crippen molar-refractivity contribution >= 4 is 23.8 Å². The van der Waals surface area contributed by atoms with Gasteiger partial charge in [0, 0.05) is 11.8 Å². The number of nitrogens with zero attached hydrogens (tertiary/aromatic N) is 2. The average molecular weight is 348 g/mol. The minimum absolute atomic E-state index is 0.0621. The molecule has 0 saturated carbocycles. The van der Waals surface area contributed by atoms with Crippen LogP contribution in [0.4, 0.5) is 0 Å². The van der Waals surface area contributed by atoms with Crippen LogP contribution in [0, 0.1) is 6.92 Å². The summed E-state index contributed by atoms with van der Waals surface area (Å²) in [6.45, 7) is 4.03. The van der Waals surface area contributed by atoms with Gasteiger partial charge in [-0.2, -0.15) is 0 Å². The van der Waals surface area contributed by atoms with Crippen molar-refractivity contribution in [2.45, 2.75) is 26.7 Å². The smallest absolute Gasteiger partial charge is 0.337 e. The molecule has 0 radical (unpaired) electrons. The number of hydrogen-bond donors (Lipinski definition) is 1. The second-order valence-electron chi connectivity index (χ2n) is 6.17. The van der Waals surface area contributed by atoms with Gasteiger partial charge in [-0.1, -0.05) is 43.7 Å². The van der Waals surface area contributed by atoms with Gasteiger partial charge in [-0.25, -0.2) is 9.78 Å². The molecule has 0 bridgehead atoms. The quantitative estimate of drug-likeness (QED) is 0.761. The Balaban J connectivity index is 2.17. The van der Waals surface area contributed by atoms with Gasteiger partial charge < -0.3 is 5.11 Å². The monoisotopic (exact) mass is 348 g/mol. The zero-order chi connectivity index (χ0) is 18.7. The fraction of sp³-hybridized carbons (Fsp3) is 0.190. The summed E-state index contributed by atoms with van der Waals surface area (Å²) >= 11 is 0. The third-order valence-electron chi connectivity index (χ3n) is 4.30. The lowest BCUT2D eigenvalue weighted by Crippen LogP contribution is -2.22. The van der Waals surface area contributed by atoms with Gasteiger partial charge in [0.2, 0.25) is 0 Å². The van der Waals surface area contributed by atoms with E-state index in [-0.39, 0.29) is 11.1 Å². The van der Waals surface area contributed by atoms with Gasteiger partial charge in [0.05, 0.1) is 11.3 Å². The van der Waals surface area contributed by atoms with E-state index < -0.39 is 5.97 Å². The van der Waals surface area contributed by atoms with Crippen LogP contribution < -0.4 is 5.56 Å². The normalized spacial score (nSPS) is 11.3. The van der Waals surface area contributed by atoms with Crippen LogP contribution in [0.25, 0.3) is 17.8 Å². The molecule has 0 atom stereocenters. The number of pyridine rings is 1. The lowest BCUT2D eigenvalue weighted by molar-refractivity contribution is 0.0696. The van der Waals surface area contributed by atoms with E-state index in [1.165, 1.54) is 16.7 Å². The van der Waals surface area contributed by atoms with Crippen molar-refractivity contribution in [3.8, 4) is 0 Å².